The highest BCUT2D eigenvalue weighted by Crippen LogP contribution is 2.31. The van der Waals surface area contributed by atoms with Crippen molar-refractivity contribution in [1.82, 2.24) is 15.3 Å². The van der Waals surface area contributed by atoms with Crippen molar-refractivity contribution in [3.8, 4) is 5.75 Å². The van der Waals surface area contributed by atoms with Gasteiger partial charge in [-0.25, -0.2) is 4.98 Å². The van der Waals surface area contributed by atoms with Crippen LogP contribution in [0.5, 0.6) is 5.75 Å². The van der Waals surface area contributed by atoms with E-state index in [1.165, 1.54) is 0 Å². The number of nitrogens with one attached hydrogen (secondary N) is 2. The van der Waals surface area contributed by atoms with Gasteiger partial charge in [0.25, 0.3) is 5.91 Å². The highest BCUT2D eigenvalue weighted by Gasteiger charge is 2.34. The van der Waals surface area contributed by atoms with Gasteiger partial charge in [0.2, 0.25) is 0 Å². The molecular formula is C21H25N3O3. The van der Waals surface area contributed by atoms with E-state index in [0.29, 0.717) is 37.3 Å². The van der Waals surface area contributed by atoms with E-state index in [2.05, 4.69) is 28.4 Å². The minimum Gasteiger partial charge on any atom is -0.497 e. The third kappa shape index (κ3) is 3.80. The second kappa shape index (κ2) is 7.80. The van der Waals surface area contributed by atoms with Crippen LogP contribution >= 0.6 is 0 Å². The predicted molar refractivity (Wildman–Crippen MR) is 104 cm³/mol. The summed E-state index contributed by atoms with van der Waals surface area (Å²) in [6.45, 7) is 7.92. The lowest BCUT2D eigenvalue weighted by atomic mass is 9.94. The van der Waals surface area contributed by atoms with Crippen LogP contribution in [-0.2, 0) is 12.0 Å². The molecular weight excluding hydrogens is 342 g/mol. The number of fused-ring (bicyclic) bond motifs is 1. The van der Waals surface area contributed by atoms with Gasteiger partial charge in [0.1, 0.15) is 22.9 Å². The Morgan fingerprint density at radius 3 is 2.78 bits per heavy atom. The molecule has 1 aliphatic rings. The monoisotopic (exact) mass is 367 g/mol. The van der Waals surface area contributed by atoms with E-state index in [9.17, 15) is 9.90 Å². The van der Waals surface area contributed by atoms with Crippen LogP contribution in [0.2, 0.25) is 0 Å². The second-order valence-corrected chi connectivity index (χ2v) is 6.82. The largest absolute Gasteiger partial charge is 0.497 e. The van der Waals surface area contributed by atoms with Gasteiger partial charge in [-0.2, -0.15) is 0 Å². The summed E-state index contributed by atoms with van der Waals surface area (Å²) in [5, 5.41) is 13.9. The molecule has 1 aliphatic heterocycles. The normalized spacial score (nSPS) is 16.8. The van der Waals surface area contributed by atoms with Gasteiger partial charge >= 0.3 is 0 Å². The number of benzene rings is 1. The summed E-state index contributed by atoms with van der Waals surface area (Å²) in [6, 6.07) is 7.83. The molecule has 0 bridgehead atoms. The van der Waals surface area contributed by atoms with Crippen molar-refractivity contribution in [3.63, 3.8) is 0 Å². The second-order valence-electron chi connectivity index (χ2n) is 6.82. The smallest absolute Gasteiger partial charge is 0.271 e. The average molecular weight is 367 g/mol. The Hall–Kier alpha value is -2.86. The van der Waals surface area contributed by atoms with Crippen LogP contribution in [0.3, 0.4) is 0 Å². The van der Waals surface area contributed by atoms with Gasteiger partial charge in [0, 0.05) is 31.0 Å². The summed E-state index contributed by atoms with van der Waals surface area (Å²) in [4.78, 5) is 20.1. The molecule has 1 unspecified atom stereocenters. The molecule has 0 aliphatic carbocycles. The number of carbonyl (C=O) groups is 1. The number of aromatic nitrogens is 2. The van der Waals surface area contributed by atoms with Gasteiger partial charge in [-0.3, -0.25) is 4.79 Å². The summed E-state index contributed by atoms with van der Waals surface area (Å²) >= 11 is 0. The van der Waals surface area contributed by atoms with E-state index in [0.717, 1.165) is 17.0 Å². The summed E-state index contributed by atoms with van der Waals surface area (Å²) in [5.74, 6) is 0.983. The van der Waals surface area contributed by atoms with Crippen LogP contribution in [0.25, 0.3) is 0 Å². The molecule has 3 rings (SSSR count). The third-order valence-corrected chi connectivity index (χ3v) is 4.92. The van der Waals surface area contributed by atoms with Gasteiger partial charge < -0.3 is 20.1 Å². The number of amides is 1. The topological polar surface area (TPSA) is 87.2 Å². The Labute approximate surface area is 159 Å². The zero-order valence-corrected chi connectivity index (χ0v) is 15.5. The zero-order valence-electron chi connectivity index (χ0n) is 15.5. The van der Waals surface area contributed by atoms with E-state index in [4.69, 9.17) is 4.74 Å². The van der Waals surface area contributed by atoms with Crippen molar-refractivity contribution in [2.45, 2.75) is 30.8 Å². The number of hydrogen-bond donors (Lipinski definition) is 3. The molecule has 3 N–H and O–H groups in total. The molecule has 2 heterocycles. The number of aromatic amines is 1. The highest BCUT2D eigenvalue weighted by atomic mass is 16.5. The molecule has 6 heteroatoms. The zero-order chi connectivity index (χ0) is 19.4. The molecule has 0 saturated carbocycles. The number of aliphatic hydroxyl groups is 1. The van der Waals surface area contributed by atoms with Crippen LogP contribution in [-0.4, -0.2) is 34.6 Å². The molecule has 6 nitrogen and oxygen atoms in total. The maximum Gasteiger partial charge on any atom is 0.271 e. The quantitative estimate of drug-likeness (QED) is 0.657. The van der Waals surface area contributed by atoms with Crippen molar-refractivity contribution in [1.29, 1.82) is 0 Å². The third-order valence-electron chi connectivity index (χ3n) is 4.92. The van der Waals surface area contributed by atoms with Crippen molar-refractivity contribution < 1.29 is 14.6 Å². The van der Waals surface area contributed by atoms with Gasteiger partial charge in [0.05, 0.1) is 7.11 Å². The lowest BCUT2D eigenvalue weighted by Gasteiger charge is -2.23. The van der Waals surface area contributed by atoms with Crippen LogP contribution < -0.4 is 10.1 Å². The highest BCUT2D eigenvalue weighted by molar-refractivity contribution is 5.94. The van der Waals surface area contributed by atoms with E-state index >= 15 is 0 Å². The van der Waals surface area contributed by atoms with Crippen molar-refractivity contribution in [2.24, 2.45) is 0 Å². The first kappa shape index (κ1) is 18.9. The number of nitrogens with zero attached hydrogens (tertiary/aromatic N) is 1. The molecule has 2 aromatic rings. The molecule has 1 atom stereocenters. The first-order chi connectivity index (χ1) is 13.0. The number of imidazole rings is 1. The molecule has 1 aromatic heterocycles. The fourth-order valence-corrected chi connectivity index (χ4v) is 3.47. The summed E-state index contributed by atoms with van der Waals surface area (Å²) < 4.78 is 5.31. The lowest BCUT2D eigenvalue weighted by molar-refractivity contribution is 0.0343. The number of ether oxygens (including phenoxy) is 1. The summed E-state index contributed by atoms with van der Waals surface area (Å²) in [5.41, 5.74) is 0.883. The molecule has 0 saturated heterocycles. The fraction of sp³-hybridized carbons (Fsp3) is 0.333. The van der Waals surface area contributed by atoms with Gasteiger partial charge in [-0.1, -0.05) is 24.3 Å². The first-order valence-corrected chi connectivity index (χ1v) is 8.96. The molecule has 0 spiro atoms. The molecule has 1 aromatic carbocycles. The number of H-pyrrole nitrogens is 1. The van der Waals surface area contributed by atoms with Crippen molar-refractivity contribution >= 4 is 5.91 Å². The van der Waals surface area contributed by atoms with Gasteiger partial charge in [-0.05, 0) is 24.1 Å². The Bertz CT molecular complexity index is 846. The van der Waals surface area contributed by atoms with Crippen LogP contribution in [0.4, 0.5) is 0 Å². The SMILES string of the molecule is C=CCC(O)(CC=C)c1nc2c([nH]1)CC(c1cccc(OC)c1)CNC2=O. The first-order valence-electron chi connectivity index (χ1n) is 8.96. The lowest BCUT2D eigenvalue weighted by Crippen LogP contribution is -2.28. The van der Waals surface area contributed by atoms with E-state index in [-0.39, 0.29) is 11.8 Å². The number of methoxy groups -OCH3 is 1. The number of rotatable bonds is 7. The molecule has 1 amide bonds. The Kier molecular flexibility index (Phi) is 5.46. The van der Waals surface area contributed by atoms with Crippen molar-refractivity contribution in [2.75, 3.05) is 13.7 Å². The van der Waals surface area contributed by atoms with E-state index in [1.807, 2.05) is 24.3 Å². The Morgan fingerprint density at radius 1 is 1.37 bits per heavy atom. The number of carbonyl (C=O) groups excluding carboxylic acids is 1. The maximum atomic E-state index is 12.5. The maximum absolute atomic E-state index is 12.5. The minimum absolute atomic E-state index is 0.0745. The van der Waals surface area contributed by atoms with E-state index in [1.54, 1.807) is 19.3 Å². The van der Waals surface area contributed by atoms with Gasteiger partial charge in [-0.15, -0.1) is 13.2 Å². The Morgan fingerprint density at radius 2 is 2.11 bits per heavy atom. The van der Waals surface area contributed by atoms with Crippen LogP contribution in [0.15, 0.2) is 49.6 Å². The summed E-state index contributed by atoms with van der Waals surface area (Å²) in [7, 11) is 1.63. The Balaban J connectivity index is 1.96. The molecule has 0 fully saturated rings. The summed E-state index contributed by atoms with van der Waals surface area (Å²) in [6.07, 6.45) is 4.50. The fourth-order valence-electron chi connectivity index (χ4n) is 3.47. The van der Waals surface area contributed by atoms with E-state index < -0.39 is 5.60 Å². The van der Waals surface area contributed by atoms with Crippen molar-refractivity contribution in [3.05, 3.63) is 72.4 Å². The van der Waals surface area contributed by atoms with Crippen LogP contribution in [0.1, 0.15) is 46.3 Å². The average Bonchev–Trinajstić information content (AvgIpc) is 3.03. The predicted octanol–water partition coefficient (Wildman–Crippen LogP) is 2.83. The standard InChI is InChI=1S/C21H25N3O3/c1-4-9-21(26,10-5-2)20-23-17-12-15(13-22-19(25)18(17)24-20)14-7-6-8-16(11-14)27-3/h4-8,11,15,26H,1-2,9-10,12-13H2,3H3,(H,22,25)(H,23,24). The molecule has 0 radical (unpaired) electrons. The number of hydrogen-bond acceptors (Lipinski definition) is 4. The van der Waals surface area contributed by atoms with Gasteiger partial charge in [0.15, 0.2) is 0 Å². The molecule has 27 heavy (non-hydrogen) atoms. The van der Waals surface area contributed by atoms with Crippen LogP contribution in [0, 0.1) is 0 Å². The molecule has 142 valence electrons. The minimum atomic E-state index is -1.25.